The number of fused-ring (bicyclic) bond motifs is 1. The number of likely N-dealkylation sites (N-methyl/N-ethyl adjacent to an activating group) is 1. The fourth-order valence-electron chi connectivity index (χ4n) is 3.86. The van der Waals surface area contributed by atoms with Gasteiger partial charge in [-0.05, 0) is 56.4 Å². The summed E-state index contributed by atoms with van der Waals surface area (Å²) in [4.78, 5) is 18.4. The Kier molecular flexibility index (Phi) is 5.56. The van der Waals surface area contributed by atoms with E-state index in [0.29, 0.717) is 5.95 Å². The summed E-state index contributed by atoms with van der Waals surface area (Å²) in [6.45, 7) is 6.31. The standard InChI is InChI=1S/C25H27N7/c1-18-17-27-25(29-20-7-9-22(10-8-20)32-14-12-31(2)13-15-32)30-24(18)28-21-6-5-19-4-3-11-26-23(19)16-21/h3-11,16-17H,12-15H2,1-2H3,(H2,27,28,29,30). The largest absolute Gasteiger partial charge is 0.369 e. The van der Waals surface area contributed by atoms with Crippen LogP contribution in [0.15, 0.2) is 67.0 Å². The van der Waals surface area contributed by atoms with Crippen molar-refractivity contribution in [1.29, 1.82) is 0 Å². The molecule has 32 heavy (non-hydrogen) atoms. The molecule has 0 amide bonds. The monoisotopic (exact) mass is 425 g/mol. The van der Waals surface area contributed by atoms with Crippen LogP contribution in [0.3, 0.4) is 0 Å². The summed E-state index contributed by atoms with van der Waals surface area (Å²) in [5.41, 5.74) is 5.08. The van der Waals surface area contributed by atoms with E-state index in [-0.39, 0.29) is 0 Å². The second-order valence-electron chi connectivity index (χ2n) is 8.22. The van der Waals surface area contributed by atoms with Crippen LogP contribution in [0.5, 0.6) is 0 Å². The van der Waals surface area contributed by atoms with Gasteiger partial charge in [0, 0.05) is 66.6 Å². The minimum absolute atomic E-state index is 0.560. The van der Waals surface area contributed by atoms with E-state index < -0.39 is 0 Å². The Morgan fingerprint density at radius 3 is 2.44 bits per heavy atom. The molecule has 2 aromatic heterocycles. The number of pyridine rings is 1. The molecular weight excluding hydrogens is 398 g/mol. The van der Waals surface area contributed by atoms with Gasteiger partial charge in [0.25, 0.3) is 0 Å². The molecule has 5 rings (SSSR count). The van der Waals surface area contributed by atoms with Crippen molar-refractivity contribution < 1.29 is 0 Å². The van der Waals surface area contributed by atoms with Crippen molar-refractivity contribution in [3.8, 4) is 0 Å². The van der Waals surface area contributed by atoms with E-state index in [2.05, 4.69) is 73.8 Å². The van der Waals surface area contributed by atoms with Gasteiger partial charge in [-0.15, -0.1) is 0 Å². The highest BCUT2D eigenvalue weighted by Gasteiger charge is 2.14. The molecule has 0 atom stereocenters. The third kappa shape index (κ3) is 4.48. The van der Waals surface area contributed by atoms with Crippen molar-refractivity contribution in [3.63, 3.8) is 0 Å². The van der Waals surface area contributed by atoms with E-state index in [0.717, 1.165) is 59.8 Å². The number of hydrogen-bond acceptors (Lipinski definition) is 7. The van der Waals surface area contributed by atoms with E-state index in [1.54, 1.807) is 6.20 Å². The summed E-state index contributed by atoms with van der Waals surface area (Å²) >= 11 is 0. The van der Waals surface area contributed by atoms with E-state index in [1.165, 1.54) is 5.69 Å². The molecule has 2 N–H and O–H groups in total. The second kappa shape index (κ2) is 8.80. The zero-order chi connectivity index (χ0) is 21.9. The molecule has 7 nitrogen and oxygen atoms in total. The predicted molar refractivity (Wildman–Crippen MR) is 131 cm³/mol. The Hall–Kier alpha value is -3.71. The van der Waals surface area contributed by atoms with Crippen LogP contribution < -0.4 is 15.5 Å². The maximum absolute atomic E-state index is 4.69. The van der Waals surface area contributed by atoms with Crippen molar-refractivity contribution in [2.45, 2.75) is 6.92 Å². The quantitative estimate of drug-likeness (QED) is 0.485. The topological polar surface area (TPSA) is 69.2 Å². The van der Waals surface area contributed by atoms with Gasteiger partial charge >= 0.3 is 0 Å². The molecule has 1 aliphatic rings. The maximum Gasteiger partial charge on any atom is 0.229 e. The number of nitrogens with one attached hydrogen (secondary N) is 2. The Balaban J connectivity index is 1.30. The van der Waals surface area contributed by atoms with Crippen LogP contribution in [0, 0.1) is 6.92 Å². The summed E-state index contributed by atoms with van der Waals surface area (Å²) in [6, 6.07) is 18.6. The molecule has 1 saturated heterocycles. The number of nitrogens with zero attached hydrogens (tertiary/aromatic N) is 5. The third-order valence-electron chi connectivity index (χ3n) is 5.83. The first-order chi connectivity index (χ1) is 15.6. The molecule has 0 saturated carbocycles. The summed E-state index contributed by atoms with van der Waals surface area (Å²) in [5.74, 6) is 1.33. The molecule has 0 aliphatic carbocycles. The number of anilines is 5. The number of rotatable bonds is 5. The molecule has 1 fully saturated rings. The molecule has 4 aromatic rings. The highest BCUT2D eigenvalue weighted by Crippen LogP contribution is 2.24. The molecule has 0 radical (unpaired) electrons. The Morgan fingerprint density at radius 2 is 1.62 bits per heavy atom. The Bertz CT molecular complexity index is 1210. The fraction of sp³-hybridized carbons (Fsp3) is 0.240. The van der Waals surface area contributed by atoms with Crippen LogP contribution in [0.2, 0.25) is 0 Å². The van der Waals surface area contributed by atoms with Crippen molar-refractivity contribution in [2.24, 2.45) is 0 Å². The first-order valence-electron chi connectivity index (χ1n) is 10.9. The van der Waals surface area contributed by atoms with Gasteiger partial charge in [0.15, 0.2) is 0 Å². The molecule has 1 aliphatic heterocycles. The number of hydrogen-bond donors (Lipinski definition) is 2. The van der Waals surface area contributed by atoms with Crippen molar-refractivity contribution in [2.75, 3.05) is 48.8 Å². The van der Waals surface area contributed by atoms with Crippen molar-refractivity contribution in [1.82, 2.24) is 19.9 Å². The normalized spacial score (nSPS) is 14.5. The molecule has 2 aromatic carbocycles. The molecule has 3 heterocycles. The lowest BCUT2D eigenvalue weighted by Crippen LogP contribution is -2.44. The second-order valence-corrected chi connectivity index (χ2v) is 8.22. The Labute approximate surface area is 188 Å². The predicted octanol–water partition coefficient (Wildman–Crippen LogP) is 4.57. The Morgan fingerprint density at radius 1 is 0.844 bits per heavy atom. The van der Waals surface area contributed by atoms with Gasteiger partial charge in [-0.3, -0.25) is 4.98 Å². The van der Waals surface area contributed by atoms with Gasteiger partial charge in [0.05, 0.1) is 5.52 Å². The number of aryl methyl sites for hydroxylation is 1. The molecule has 0 spiro atoms. The van der Waals surface area contributed by atoms with Crippen LogP contribution in [-0.2, 0) is 0 Å². The fourth-order valence-corrected chi connectivity index (χ4v) is 3.86. The summed E-state index contributed by atoms with van der Waals surface area (Å²) < 4.78 is 0. The maximum atomic E-state index is 4.69. The van der Waals surface area contributed by atoms with Crippen LogP contribution in [0.25, 0.3) is 10.9 Å². The lowest BCUT2D eigenvalue weighted by molar-refractivity contribution is 0.313. The first-order valence-corrected chi connectivity index (χ1v) is 10.9. The molecule has 7 heteroatoms. The van der Waals surface area contributed by atoms with E-state index in [9.17, 15) is 0 Å². The first kappa shape index (κ1) is 20.2. The third-order valence-corrected chi connectivity index (χ3v) is 5.83. The van der Waals surface area contributed by atoms with Gasteiger partial charge in [-0.25, -0.2) is 4.98 Å². The molecule has 0 bridgehead atoms. The van der Waals surface area contributed by atoms with E-state index in [1.807, 2.05) is 31.3 Å². The molecule has 0 unspecified atom stereocenters. The zero-order valence-electron chi connectivity index (χ0n) is 18.4. The zero-order valence-corrected chi connectivity index (χ0v) is 18.4. The minimum Gasteiger partial charge on any atom is -0.369 e. The highest BCUT2D eigenvalue weighted by molar-refractivity contribution is 5.83. The summed E-state index contributed by atoms with van der Waals surface area (Å²) in [6.07, 6.45) is 3.63. The number of aromatic nitrogens is 3. The SMILES string of the molecule is Cc1cnc(Nc2ccc(N3CCN(C)CC3)cc2)nc1Nc1ccc2cccnc2c1. The smallest absolute Gasteiger partial charge is 0.229 e. The van der Waals surface area contributed by atoms with Crippen LogP contribution in [0.1, 0.15) is 5.56 Å². The van der Waals surface area contributed by atoms with Gasteiger partial charge in [-0.1, -0.05) is 12.1 Å². The van der Waals surface area contributed by atoms with Crippen molar-refractivity contribution in [3.05, 3.63) is 72.6 Å². The van der Waals surface area contributed by atoms with Crippen LogP contribution in [0.4, 0.5) is 28.8 Å². The van der Waals surface area contributed by atoms with Gasteiger partial charge in [-0.2, -0.15) is 4.98 Å². The number of benzene rings is 2. The summed E-state index contributed by atoms with van der Waals surface area (Å²) in [5, 5.41) is 7.84. The molecule has 162 valence electrons. The minimum atomic E-state index is 0.560. The van der Waals surface area contributed by atoms with Gasteiger partial charge in [0.1, 0.15) is 5.82 Å². The highest BCUT2D eigenvalue weighted by atomic mass is 15.2. The average Bonchev–Trinajstić information content (AvgIpc) is 2.82. The van der Waals surface area contributed by atoms with Crippen molar-refractivity contribution >= 4 is 39.7 Å². The van der Waals surface area contributed by atoms with Gasteiger partial charge in [0.2, 0.25) is 5.95 Å². The van der Waals surface area contributed by atoms with Crippen LogP contribution in [-0.4, -0.2) is 53.1 Å². The lowest BCUT2D eigenvalue weighted by atomic mass is 10.2. The summed E-state index contributed by atoms with van der Waals surface area (Å²) in [7, 11) is 2.17. The van der Waals surface area contributed by atoms with Gasteiger partial charge < -0.3 is 20.4 Å². The van der Waals surface area contributed by atoms with Crippen LogP contribution >= 0.6 is 0 Å². The molecular formula is C25H27N7. The number of piperazine rings is 1. The lowest BCUT2D eigenvalue weighted by Gasteiger charge is -2.34. The average molecular weight is 426 g/mol. The van der Waals surface area contributed by atoms with E-state index in [4.69, 9.17) is 4.98 Å². The van der Waals surface area contributed by atoms with E-state index >= 15 is 0 Å².